The van der Waals surface area contributed by atoms with Crippen LogP contribution < -0.4 is 10.6 Å². The van der Waals surface area contributed by atoms with Gasteiger partial charge in [-0.25, -0.2) is 8.42 Å². The van der Waals surface area contributed by atoms with E-state index in [0.717, 1.165) is 0 Å². The number of hydrogen-bond acceptors (Lipinski definition) is 8. The van der Waals surface area contributed by atoms with Crippen LogP contribution in [0.25, 0.3) is 0 Å². The maximum Gasteiger partial charge on any atom is 0.228 e. The first-order valence-corrected chi connectivity index (χ1v) is 15.1. The highest BCUT2D eigenvalue weighted by atomic mass is 32.2. The second-order valence-electron chi connectivity index (χ2n) is 13.5. The molecule has 0 radical (unpaired) electrons. The number of amides is 1. The van der Waals surface area contributed by atoms with Crippen LogP contribution in [0.3, 0.4) is 0 Å². The van der Waals surface area contributed by atoms with Crippen molar-refractivity contribution in [3.05, 3.63) is 0 Å². The van der Waals surface area contributed by atoms with Crippen molar-refractivity contribution in [3.8, 4) is 0 Å². The van der Waals surface area contributed by atoms with Crippen molar-refractivity contribution in [1.29, 1.82) is 0 Å². The Bertz CT molecular complexity index is 878. The van der Waals surface area contributed by atoms with E-state index in [-0.39, 0.29) is 48.5 Å². The van der Waals surface area contributed by atoms with Crippen LogP contribution in [0.1, 0.15) is 61.8 Å². The van der Waals surface area contributed by atoms with Gasteiger partial charge in [0.05, 0.1) is 38.1 Å². The molecule has 3 saturated heterocycles. The van der Waals surface area contributed by atoms with E-state index in [4.69, 9.17) is 14.2 Å². The van der Waals surface area contributed by atoms with Crippen LogP contribution >= 0.6 is 0 Å². The molecule has 3 unspecified atom stereocenters. The Kier molecular flexibility index (Phi) is 9.74. The van der Waals surface area contributed by atoms with Crippen molar-refractivity contribution < 1.29 is 27.4 Å². The molecule has 2 N–H and O–H groups in total. The van der Waals surface area contributed by atoms with Gasteiger partial charge in [-0.3, -0.25) is 4.79 Å². The molecule has 10 nitrogen and oxygen atoms in total. The molecule has 0 aliphatic carbocycles. The lowest BCUT2D eigenvalue weighted by molar-refractivity contribution is -0.147. The Morgan fingerprint density at radius 1 is 0.892 bits per heavy atom. The first-order chi connectivity index (χ1) is 17.0. The van der Waals surface area contributed by atoms with Crippen LogP contribution in [0, 0.1) is 5.41 Å². The zero-order chi connectivity index (χ0) is 27.6. The Hall–Kier alpha value is -0.820. The third-order valence-electron chi connectivity index (χ3n) is 7.06. The fourth-order valence-electron chi connectivity index (χ4n) is 4.87. The van der Waals surface area contributed by atoms with E-state index in [1.807, 2.05) is 25.7 Å². The zero-order valence-corrected chi connectivity index (χ0v) is 24.9. The van der Waals surface area contributed by atoms with Gasteiger partial charge in [0.2, 0.25) is 15.9 Å². The maximum atomic E-state index is 13.2. The molecule has 37 heavy (non-hydrogen) atoms. The average Bonchev–Trinajstić information content (AvgIpc) is 2.73. The van der Waals surface area contributed by atoms with Crippen LogP contribution in [0.5, 0.6) is 0 Å². The molecule has 3 fully saturated rings. The highest BCUT2D eigenvalue weighted by Crippen LogP contribution is 2.26. The van der Waals surface area contributed by atoms with Gasteiger partial charge in [-0.2, -0.15) is 4.31 Å². The van der Waals surface area contributed by atoms with Crippen LogP contribution in [-0.4, -0.2) is 117 Å². The van der Waals surface area contributed by atoms with Gasteiger partial charge in [-0.05, 0) is 41.0 Å². The van der Waals surface area contributed by atoms with Crippen molar-refractivity contribution in [2.24, 2.45) is 5.41 Å². The Morgan fingerprint density at radius 2 is 1.51 bits per heavy atom. The molecule has 0 aromatic carbocycles. The lowest BCUT2D eigenvalue weighted by atomic mass is 9.94. The van der Waals surface area contributed by atoms with Gasteiger partial charge in [-0.15, -0.1) is 0 Å². The molecule has 3 rings (SSSR count). The highest BCUT2D eigenvalue weighted by Gasteiger charge is 2.43. The predicted molar refractivity (Wildman–Crippen MR) is 144 cm³/mol. The first-order valence-electron chi connectivity index (χ1n) is 13.6. The summed E-state index contributed by atoms with van der Waals surface area (Å²) in [5.74, 6) is 0.142. The second kappa shape index (κ2) is 11.7. The third kappa shape index (κ3) is 8.84. The summed E-state index contributed by atoms with van der Waals surface area (Å²) < 4.78 is 45.6. The minimum absolute atomic E-state index is 0.0918. The largest absolute Gasteiger partial charge is 0.378 e. The topological polar surface area (TPSA) is 109 Å². The zero-order valence-electron chi connectivity index (χ0n) is 24.1. The summed E-state index contributed by atoms with van der Waals surface area (Å²) in [6, 6.07) is 0. The molecule has 3 aliphatic heterocycles. The number of carbonyl (C=O) groups is 1. The standard InChI is InChI=1S/C26H50N4O6S/c1-24(2,3)23(31)29-9-10-35-20(14-29)12-28-26(7,8)11-19-15-30(37(32,33)22-17-34-18-22)16-21(36-19)13-27-25(4,5)6/h19-22,27-28H,9-18H2,1-8H3. The lowest BCUT2D eigenvalue weighted by Crippen LogP contribution is -2.60. The van der Waals surface area contributed by atoms with E-state index in [1.165, 1.54) is 0 Å². The van der Waals surface area contributed by atoms with Crippen LogP contribution in [0.4, 0.5) is 0 Å². The van der Waals surface area contributed by atoms with Gasteiger partial charge >= 0.3 is 0 Å². The number of ether oxygens (including phenoxy) is 3. The Balaban J connectivity index is 1.60. The number of nitrogens with zero attached hydrogens (tertiary/aromatic N) is 2. The van der Waals surface area contributed by atoms with E-state index in [0.29, 0.717) is 52.3 Å². The Labute approximate surface area is 224 Å². The molecular weight excluding hydrogens is 496 g/mol. The Morgan fingerprint density at radius 3 is 2.08 bits per heavy atom. The monoisotopic (exact) mass is 546 g/mol. The van der Waals surface area contributed by atoms with Gasteiger partial charge in [-0.1, -0.05) is 20.8 Å². The van der Waals surface area contributed by atoms with Crippen LogP contribution in [-0.2, 0) is 29.0 Å². The molecule has 3 atom stereocenters. The molecule has 0 bridgehead atoms. The van der Waals surface area contributed by atoms with Crippen molar-refractivity contribution in [1.82, 2.24) is 19.8 Å². The van der Waals surface area contributed by atoms with Crippen molar-refractivity contribution in [2.45, 2.75) is 96.5 Å². The lowest BCUT2D eigenvalue weighted by Gasteiger charge is -2.43. The molecular formula is C26H50N4O6S. The quantitative estimate of drug-likeness (QED) is 0.444. The predicted octanol–water partition coefficient (Wildman–Crippen LogP) is 1.20. The van der Waals surface area contributed by atoms with Gasteiger partial charge in [0, 0.05) is 55.8 Å². The van der Waals surface area contributed by atoms with E-state index < -0.39 is 20.7 Å². The molecule has 0 aromatic rings. The minimum Gasteiger partial charge on any atom is -0.378 e. The molecule has 0 saturated carbocycles. The van der Waals surface area contributed by atoms with Crippen LogP contribution in [0.15, 0.2) is 0 Å². The normalized spacial score (nSPS) is 27.2. The minimum atomic E-state index is -3.43. The summed E-state index contributed by atoms with van der Waals surface area (Å²) in [5, 5.41) is 6.60. The van der Waals surface area contributed by atoms with Crippen LogP contribution in [0.2, 0.25) is 0 Å². The number of sulfonamides is 1. The molecule has 1 amide bonds. The molecule has 0 aromatic heterocycles. The summed E-state index contributed by atoms with van der Waals surface area (Å²) in [6.07, 6.45) is 0.0721. The van der Waals surface area contributed by atoms with Gasteiger partial charge in [0.15, 0.2) is 0 Å². The van der Waals surface area contributed by atoms with E-state index in [9.17, 15) is 13.2 Å². The average molecular weight is 547 g/mol. The van der Waals surface area contributed by atoms with Crippen molar-refractivity contribution in [3.63, 3.8) is 0 Å². The van der Waals surface area contributed by atoms with Crippen molar-refractivity contribution >= 4 is 15.9 Å². The molecule has 0 spiro atoms. The van der Waals surface area contributed by atoms with Crippen molar-refractivity contribution in [2.75, 3.05) is 59.1 Å². The summed E-state index contributed by atoms with van der Waals surface area (Å²) in [7, 11) is -3.43. The fraction of sp³-hybridized carbons (Fsp3) is 0.962. The maximum absolute atomic E-state index is 13.2. The summed E-state index contributed by atoms with van der Waals surface area (Å²) in [4.78, 5) is 14.6. The van der Waals surface area contributed by atoms with Gasteiger partial charge < -0.3 is 29.7 Å². The number of rotatable bonds is 9. The SMILES string of the molecule is CC(C)(C)NCC1CN(S(=O)(=O)C2COC2)CC(CC(C)(C)NCC2CN(C(=O)C(C)(C)C)CCO2)O1. The van der Waals surface area contributed by atoms with E-state index in [2.05, 4.69) is 45.3 Å². The fourth-order valence-corrected chi connectivity index (χ4v) is 6.58. The third-order valence-corrected chi connectivity index (χ3v) is 9.19. The number of morpholine rings is 2. The summed E-state index contributed by atoms with van der Waals surface area (Å²) in [5.41, 5.74) is -0.827. The first kappa shape index (κ1) is 30.7. The number of nitrogens with one attached hydrogen (secondary N) is 2. The highest BCUT2D eigenvalue weighted by molar-refractivity contribution is 7.89. The summed E-state index contributed by atoms with van der Waals surface area (Å²) >= 11 is 0. The number of carbonyl (C=O) groups excluding carboxylic acids is 1. The smallest absolute Gasteiger partial charge is 0.228 e. The molecule has 3 aliphatic rings. The van der Waals surface area contributed by atoms with E-state index >= 15 is 0 Å². The molecule has 11 heteroatoms. The van der Waals surface area contributed by atoms with E-state index in [1.54, 1.807) is 4.31 Å². The number of hydrogen-bond donors (Lipinski definition) is 2. The second-order valence-corrected chi connectivity index (χ2v) is 15.7. The molecule has 3 heterocycles. The van der Waals surface area contributed by atoms with Gasteiger partial charge in [0.1, 0.15) is 5.25 Å². The molecule has 216 valence electrons. The summed E-state index contributed by atoms with van der Waals surface area (Å²) in [6.45, 7) is 20.4. The van der Waals surface area contributed by atoms with Gasteiger partial charge in [0.25, 0.3) is 0 Å².